The summed E-state index contributed by atoms with van der Waals surface area (Å²) in [6.07, 6.45) is 0. The maximum atomic E-state index is 12.7. The number of nitrogens with zero attached hydrogens (tertiary/aromatic N) is 1. The Kier molecular flexibility index (Phi) is 4.79. The van der Waals surface area contributed by atoms with Crippen LogP contribution in [0.15, 0.2) is 65.1 Å². The normalized spacial score (nSPS) is 11.3. The van der Waals surface area contributed by atoms with Crippen LogP contribution in [0.5, 0.6) is 5.75 Å². The first-order chi connectivity index (χ1) is 13.6. The van der Waals surface area contributed by atoms with Crippen molar-refractivity contribution >= 4 is 11.1 Å². The van der Waals surface area contributed by atoms with Gasteiger partial charge in [0.05, 0.1) is 0 Å². The molecule has 3 aromatic carbocycles. The number of benzene rings is 3. The lowest BCUT2D eigenvalue weighted by Gasteiger charge is -2.09. The fraction of sp³-hybridized carbons (Fsp3) is 0.136. The van der Waals surface area contributed by atoms with Gasteiger partial charge in [0.1, 0.15) is 11.3 Å². The Labute approximate surface area is 160 Å². The maximum absolute atomic E-state index is 12.7. The molecule has 0 aliphatic heterocycles. The Hall–Kier alpha value is -3.25. The number of halogens is 2. The fourth-order valence-corrected chi connectivity index (χ4v) is 3.28. The van der Waals surface area contributed by atoms with Gasteiger partial charge in [0.15, 0.2) is 5.58 Å². The third kappa shape index (κ3) is 3.34. The van der Waals surface area contributed by atoms with Gasteiger partial charge in [0.25, 0.3) is 0 Å². The molecule has 2 N–H and O–H groups in total. The summed E-state index contributed by atoms with van der Waals surface area (Å²) < 4.78 is 35.7. The highest BCUT2D eigenvalue weighted by Gasteiger charge is 2.17. The number of aromatic nitrogens is 1. The number of oxazole rings is 1. The van der Waals surface area contributed by atoms with Crippen molar-refractivity contribution < 1.29 is 17.9 Å². The molecule has 0 radical (unpaired) electrons. The second-order valence-corrected chi connectivity index (χ2v) is 6.37. The van der Waals surface area contributed by atoms with Crippen molar-refractivity contribution in [2.75, 3.05) is 0 Å². The minimum absolute atomic E-state index is 0.00228. The van der Waals surface area contributed by atoms with E-state index in [1.165, 1.54) is 6.07 Å². The predicted octanol–water partition coefficient (Wildman–Crippen LogP) is 5.53. The standard InChI is InChI=1S/C22H18F2N2O2/c1-13-16(14-6-3-2-4-7-14)8-5-9-17(13)21-26-18-10-15(12-25)19(28-22(23)24)11-20(18)27-21/h2-11,22H,12,25H2,1H3. The van der Waals surface area contributed by atoms with Crippen molar-refractivity contribution in [2.45, 2.75) is 20.1 Å². The van der Waals surface area contributed by atoms with Crippen molar-refractivity contribution in [3.63, 3.8) is 0 Å². The van der Waals surface area contributed by atoms with Gasteiger partial charge in [-0.25, -0.2) is 4.98 Å². The van der Waals surface area contributed by atoms with Crippen LogP contribution < -0.4 is 10.5 Å². The molecule has 4 rings (SSSR count). The molecule has 0 fully saturated rings. The minimum Gasteiger partial charge on any atom is -0.436 e. The van der Waals surface area contributed by atoms with E-state index in [1.807, 2.05) is 55.5 Å². The van der Waals surface area contributed by atoms with E-state index in [0.29, 0.717) is 22.6 Å². The van der Waals surface area contributed by atoms with Crippen LogP contribution in [0.2, 0.25) is 0 Å². The van der Waals surface area contributed by atoms with Crippen molar-refractivity contribution in [3.05, 3.63) is 71.8 Å². The number of nitrogens with two attached hydrogens (primary N) is 1. The van der Waals surface area contributed by atoms with Crippen molar-refractivity contribution in [1.82, 2.24) is 4.98 Å². The molecule has 6 heteroatoms. The highest BCUT2D eigenvalue weighted by atomic mass is 19.3. The van der Waals surface area contributed by atoms with Crippen molar-refractivity contribution in [1.29, 1.82) is 0 Å². The fourth-order valence-electron chi connectivity index (χ4n) is 3.28. The zero-order valence-electron chi connectivity index (χ0n) is 15.2. The molecule has 0 saturated heterocycles. The van der Waals surface area contributed by atoms with Crippen LogP contribution in [0, 0.1) is 6.92 Å². The van der Waals surface area contributed by atoms with E-state index < -0.39 is 6.61 Å². The van der Waals surface area contributed by atoms with Gasteiger partial charge in [0.2, 0.25) is 5.89 Å². The summed E-state index contributed by atoms with van der Waals surface area (Å²) in [5.74, 6) is 0.421. The smallest absolute Gasteiger partial charge is 0.387 e. The van der Waals surface area contributed by atoms with Gasteiger partial charge in [-0.2, -0.15) is 8.78 Å². The number of ether oxygens (including phenoxy) is 1. The van der Waals surface area contributed by atoms with Gasteiger partial charge < -0.3 is 14.9 Å². The lowest BCUT2D eigenvalue weighted by atomic mass is 9.96. The summed E-state index contributed by atoms with van der Waals surface area (Å²) in [5.41, 5.74) is 11.0. The summed E-state index contributed by atoms with van der Waals surface area (Å²) in [5, 5.41) is 0. The van der Waals surface area contributed by atoms with Crippen LogP contribution in [0.4, 0.5) is 8.78 Å². The number of alkyl halides is 2. The number of fused-ring (bicyclic) bond motifs is 1. The molecule has 0 unspecified atom stereocenters. The molecule has 4 aromatic rings. The third-order valence-corrected chi connectivity index (χ3v) is 4.66. The number of hydrogen-bond acceptors (Lipinski definition) is 4. The minimum atomic E-state index is -2.94. The summed E-state index contributed by atoms with van der Waals surface area (Å²) in [7, 11) is 0. The van der Waals surface area contributed by atoms with Crippen LogP contribution in [0.1, 0.15) is 11.1 Å². The first kappa shape index (κ1) is 18.1. The Balaban J connectivity index is 1.82. The maximum Gasteiger partial charge on any atom is 0.387 e. The van der Waals surface area contributed by atoms with Gasteiger partial charge in [-0.15, -0.1) is 0 Å². The van der Waals surface area contributed by atoms with E-state index in [9.17, 15) is 8.78 Å². The molecular formula is C22H18F2N2O2. The van der Waals surface area contributed by atoms with E-state index in [0.717, 1.165) is 22.3 Å². The van der Waals surface area contributed by atoms with E-state index in [2.05, 4.69) is 9.72 Å². The molecule has 1 heterocycles. The molecule has 0 aliphatic carbocycles. The molecule has 0 aliphatic rings. The summed E-state index contributed by atoms with van der Waals surface area (Å²) >= 11 is 0. The van der Waals surface area contributed by atoms with E-state index in [-0.39, 0.29) is 12.3 Å². The summed E-state index contributed by atoms with van der Waals surface area (Å²) in [6.45, 7) is -0.874. The molecule has 142 valence electrons. The number of rotatable bonds is 5. The third-order valence-electron chi connectivity index (χ3n) is 4.66. The Morgan fingerprint density at radius 2 is 1.79 bits per heavy atom. The van der Waals surface area contributed by atoms with Crippen LogP contribution in [-0.4, -0.2) is 11.6 Å². The average Bonchev–Trinajstić information content (AvgIpc) is 3.10. The zero-order chi connectivity index (χ0) is 19.7. The van der Waals surface area contributed by atoms with Gasteiger partial charge in [0, 0.05) is 23.7 Å². The van der Waals surface area contributed by atoms with Crippen molar-refractivity contribution in [3.8, 4) is 28.3 Å². The molecule has 0 bridgehead atoms. The Bertz CT molecular complexity index is 1120. The predicted molar refractivity (Wildman–Crippen MR) is 104 cm³/mol. The van der Waals surface area contributed by atoms with E-state index in [4.69, 9.17) is 10.2 Å². The van der Waals surface area contributed by atoms with Gasteiger partial charge in [-0.05, 0) is 35.7 Å². The molecule has 0 spiro atoms. The molecule has 0 atom stereocenters. The zero-order valence-corrected chi connectivity index (χ0v) is 15.2. The lowest BCUT2D eigenvalue weighted by Crippen LogP contribution is -2.06. The average molecular weight is 380 g/mol. The second kappa shape index (κ2) is 7.40. The number of hydrogen-bond donors (Lipinski definition) is 1. The van der Waals surface area contributed by atoms with Gasteiger partial charge in [-0.1, -0.05) is 42.5 Å². The first-order valence-electron chi connectivity index (χ1n) is 8.80. The Morgan fingerprint density at radius 3 is 2.50 bits per heavy atom. The molecule has 0 amide bonds. The van der Waals surface area contributed by atoms with Gasteiger partial charge in [-0.3, -0.25) is 0 Å². The molecule has 4 nitrogen and oxygen atoms in total. The quantitative estimate of drug-likeness (QED) is 0.494. The van der Waals surface area contributed by atoms with Crippen LogP contribution in [0.25, 0.3) is 33.7 Å². The first-order valence-corrected chi connectivity index (χ1v) is 8.80. The highest BCUT2D eigenvalue weighted by molar-refractivity contribution is 5.81. The van der Waals surface area contributed by atoms with Crippen LogP contribution in [0.3, 0.4) is 0 Å². The van der Waals surface area contributed by atoms with Gasteiger partial charge >= 0.3 is 6.61 Å². The van der Waals surface area contributed by atoms with Crippen LogP contribution in [-0.2, 0) is 6.54 Å². The SMILES string of the molecule is Cc1c(-c2ccccc2)cccc1-c1nc2cc(CN)c(OC(F)F)cc2o1. The summed E-state index contributed by atoms with van der Waals surface area (Å²) in [4.78, 5) is 4.54. The monoisotopic (exact) mass is 380 g/mol. The second-order valence-electron chi connectivity index (χ2n) is 6.37. The molecule has 28 heavy (non-hydrogen) atoms. The Morgan fingerprint density at radius 1 is 1.04 bits per heavy atom. The molecule has 0 saturated carbocycles. The van der Waals surface area contributed by atoms with Crippen LogP contribution >= 0.6 is 0 Å². The topological polar surface area (TPSA) is 61.3 Å². The highest BCUT2D eigenvalue weighted by Crippen LogP contribution is 2.35. The lowest BCUT2D eigenvalue weighted by molar-refractivity contribution is -0.0503. The summed E-state index contributed by atoms with van der Waals surface area (Å²) in [6, 6.07) is 19.0. The molecule has 1 aromatic heterocycles. The van der Waals surface area contributed by atoms with E-state index >= 15 is 0 Å². The van der Waals surface area contributed by atoms with E-state index in [1.54, 1.807) is 6.07 Å². The molecular weight excluding hydrogens is 362 g/mol. The van der Waals surface area contributed by atoms with Crippen molar-refractivity contribution in [2.24, 2.45) is 5.73 Å². The largest absolute Gasteiger partial charge is 0.436 e.